The molecule has 0 saturated carbocycles. The molecule has 0 atom stereocenters. The molecule has 0 unspecified atom stereocenters. The highest BCUT2D eigenvalue weighted by atomic mass is 35.5. The lowest BCUT2D eigenvalue weighted by molar-refractivity contribution is -0.112. The van der Waals surface area contributed by atoms with Gasteiger partial charge in [0.05, 0.1) is 25.6 Å². The minimum absolute atomic E-state index is 0.168. The Labute approximate surface area is 183 Å². The average molecular weight is 441 g/mol. The number of nitrogens with one attached hydrogen (secondary N) is 1. The van der Waals surface area contributed by atoms with E-state index >= 15 is 0 Å². The fourth-order valence-corrected chi connectivity index (χ4v) is 3.16. The van der Waals surface area contributed by atoms with E-state index in [1.165, 1.54) is 49.2 Å². The summed E-state index contributed by atoms with van der Waals surface area (Å²) in [6, 6.07) is 12.3. The average Bonchev–Trinajstić information content (AvgIpc) is 3.05. The van der Waals surface area contributed by atoms with Gasteiger partial charge in [-0.25, -0.2) is 9.07 Å². The van der Waals surface area contributed by atoms with Gasteiger partial charge in [0.15, 0.2) is 11.5 Å². The van der Waals surface area contributed by atoms with Crippen LogP contribution in [0.15, 0.2) is 48.0 Å². The van der Waals surface area contributed by atoms with Crippen LogP contribution in [-0.2, 0) is 4.79 Å². The highest BCUT2D eigenvalue weighted by molar-refractivity contribution is 6.31. The molecule has 0 aliphatic carbocycles. The molecule has 1 heterocycles. The van der Waals surface area contributed by atoms with Crippen molar-refractivity contribution >= 4 is 29.3 Å². The molecule has 3 aromatic rings. The summed E-state index contributed by atoms with van der Waals surface area (Å²) in [7, 11) is 2.98. The van der Waals surface area contributed by atoms with E-state index in [9.17, 15) is 14.4 Å². The highest BCUT2D eigenvalue weighted by Gasteiger charge is 2.17. The molecule has 2 aromatic carbocycles. The van der Waals surface area contributed by atoms with Crippen LogP contribution in [0.3, 0.4) is 0 Å². The number of ether oxygens (including phenoxy) is 2. The van der Waals surface area contributed by atoms with Crippen LogP contribution in [0.25, 0.3) is 11.8 Å². The fraction of sp³-hybridized carbons (Fsp3) is 0.136. The molecule has 3 rings (SSSR count). The number of hydrogen-bond donors (Lipinski definition) is 1. The molecule has 158 valence electrons. The second-order valence-electron chi connectivity index (χ2n) is 6.37. The van der Waals surface area contributed by atoms with Crippen LogP contribution in [0.1, 0.15) is 11.3 Å². The van der Waals surface area contributed by atoms with E-state index in [0.717, 1.165) is 0 Å². The zero-order chi connectivity index (χ0) is 22.5. The molecule has 0 saturated heterocycles. The maximum atomic E-state index is 13.2. The molecule has 7 nitrogen and oxygen atoms in total. The van der Waals surface area contributed by atoms with Crippen LogP contribution >= 0.6 is 11.6 Å². The van der Waals surface area contributed by atoms with Crippen molar-refractivity contribution in [2.75, 3.05) is 19.5 Å². The van der Waals surface area contributed by atoms with Gasteiger partial charge in [0.2, 0.25) is 0 Å². The van der Waals surface area contributed by atoms with Crippen molar-refractivity contribution in [3.63, 3.8) is 0 Å². The molecule has 0 fully saturated rings. The lowest BCUT2D eigenvalue weighted by atomic mass is 10.1. The SMILES string of the molecule is COc1ccc(NC(=O)/C(C#N)=C/c2c(C)nn(-c3ccc(F)cc3)c2Cl)cc1OC. The summed E-state index contributed by atoms with van der Waals surface area (Å²) in [5.41, 5.74) is 1.71. The van der Waals surface area contributed by atoms with Gasteiger partial charge in [-0.3, -0.25) is 4.79 Å². The van der Waals surface area contributed by atoms with Crippen LogP contribution in [0.4, 0.5) is 10.1 Å². The van der Waals surface area contributed by atoms with Crippen molar-refractivity contribution < 1.29 is 18.7 Å². The van der Waals surface area contributed by atoms with Crippen LogP contribution in [0, 0.1) is 24.1 Å². The Balaban J connectivity index is 1.90. The predicted molar refractivity (Wildman–Crippen MR) is 115 cm³/mol. The van der Waals surface area contributed by atoms with E-state index in [-0.39, 0.29) is 16.5 Å². The smallest absolute Gasteiger partial charge is 0.266 e. The van der Waals surface area contributed by atoms with Crippen molar-refractivity contribution in [1.82, 2.24) is 9.78 Å². The van der Waals surface area contributed by atoms with Crippen molar-refractivity contribution in [2.45, 2.75) is 6.92 Å². The molecule has 0 aliphatic rings. The second-order valence-corrected chi connectivity index (χ2v) is 6.73. The van der Waals surface area contributed by atoms with Gasteiger partial charge >= 0.3 is 0 Å². The van der Waals surface area contributed by atoms with Gasteiger partial charge in [-0.2, -0.15) is 10.4 Å². The number of aromatic nitrogens is 2. The summed E-state index contributed by atoms with van der Waals surface area (Å²) in [4.78, 5) is 12.7. The first-order valence-corrected chi connectivity index (χ1v) is 9.42. The number of amides is 1. The largest absolute Gasteiger partial charge is 0.493 e. The Bertz CT molecular complexity index is 1200. The number of rotatable bonds is 6. The number of carbonyl (C=O) groups excluding carboxylic acids is 1. The molecule has 0 spiro atoms. The molecule has 0 aliphatic heterocycles. The molecule has 1 aromatic heterocycles. The van der Waals surface area contributed by atoms with Crippen LogP contribution in [0.5, 0.6) is 11.5 Å². The zero-order valence-corrected chi connectivity index (χ0v) is 17.7. The summed E-state index contributed by atoms with van der Waals surface area (Å²) in [5.74, 6) is -0.0726. The zero-order valence-electron chi connectivity index (χ0n) is 16.9. The van der Waals surface area contributed by atoms with Crippen LogP contribution in [-0.4, -0.2) is 29.9 Å². The van der Waals surface area contributed by atoms with Gasteiger partial charge < -0.3 is 14.8 Å². The Kier molecular flexibility index (Phi) is 6.58. The maximum Gasteiger partial charge on any atom is 0.266 e. The third kappa shape index (κ3) is 4.68. The van der Waals surface area contributed by atoms with Crippen LogP contribution < -0.4 is 14.8 Å². The summed E-state index contributed by atoms with van der Waals surface area (Å²) < 4.78 is 25.0. The molecule has 0 bridgehead atoms. The Hall–Kier alpha value is -3.83. The minimum Gasteiger partial charge on any atom is -0.493 e. The Morgan fingerprint density at radius 1 is 1.19 bits per heavy atom. The molecule has 0 radical (unpaired) electrons. The van der Waals surface area contributed by atoms with E-state index in [0.29, 0.717) is 34.1 Å². The van der Waals surface area contributed by atoms with E-state index in [1.54, 1.807) is 25.1 Å². The van der Waals surface area contributed by atoms with Crippen molar-refractivity contribution in [1.29, 1.82) is 5.26 Å². The van der Waals surface area contributed by atoms with E-state index in [4.69, 9.17) is 21.1 Å². The van der Waals surface area contributed by atoms with E-state index in [2.05, 4.69) is 10.4 Å². The summed E-state index contributed by atoms with van der Waals surface area (Å²) >= 11 is 6.43. The number of anilines is 1. The number of methoxy groups -OCH3 is 2. The first kappa shape index (κ1) is 21.9. The summed E-state index contributed by atoms with van der Waals surface area (Å²) in [6.07, 6.45) is 1.36. The van der Waals surface area contributed by atoms with Crippen molar-refractivity contribution in [2.24, 2.45) is 0 Å². The first-order valence-electron chi connectivity index (χ1n) is 9.04. The van der Waals surface area contributed by atoms with Gasteiger partial charge in [-0.15, -0.1) is 0 Å². The standard InChI is InChI=1S/C22H18ClFN4O3/c1-13-18(21(23)28(27-13)17-7-4-15(24)5-8-17)10-14(12-25)22(29)26-16-6-9-19(30-2)20(11-16)31-3/h4-11H,1-3H3,(H,26,29)/b14-10+. The summed E-state index contributed by atoms with van der Waals surface area (Å²) in [6.45, 7) is 1.69. The van der Waals surface area contributed by atoms with Gasteiger partial charge in [0, 0.05) is 17.3 Å². The number of nitriles is 1. The van der Waals surface area contributed by atoms with Gasteiger partial charge in [-0.05, 0) is 49.4 Å². The molecule has 1 N–H and O–H groups in total. The lowest BCUT2D eigenvalue weighted by Gasteiger charge is -2.10. The molecular formula is C22H18ClFN4O3. The van der Waals surface area contributed by atoms with E-state index < -0.39 is 5.91 Å². The number of nitrogens with zero attached hydrogens (tertiary/aromatic N) is 3. The monoisotopic (exact) mass is 440 g/mol. The third-order valence-electron chi connectivity index (χ3n) is 4.41. The Morgan fingerprint density at radius 3 is 2.48 bits per heavy atom. The number of benzene rings is 2. The molecular weight excluding hydrogens is 423 g/mol. The Morgan fingerprint density at radius 2 is 1.87 bits per heavy atom. The highest BCUT2D eigenvalue weighted by Crippen LogP contribution is 2.30. The second kappa shape index (κ2) is 9.32. The normalized spacial score (nSPS) is 11.0. The van der Waals surface area contributed by atoms with Gasteiger partial charge in [-0.1, -0.05) is 11.6 Å². The first-order chi connectivity index (χ1) is 14.9. The third-order valence-corrected chi connectivity index (χ3v) is 4.78. The van der Waals surface area contributed by atoms with Crippen LogP contribution in [0.2, 0.25) is 5.15 Å². The fourth-order valence-electron chi connectivity index (χ4n) is 2.83. The molecule has 9 heteroatoms. The molecule has 1 amide bonds. The van der Waals surface area contributed by atoms with Gasteiger partial charge in [0.25, 0.3) is 5.91 Å². The quantitative estimate of drug-likeness (QED) is 0.449. The maximum absolute atomic E-state index is 13.2. The number of halogens is 2. The number of hydrogen-bond acceptors (Lipinski definition) is 5. The van der Waals surface area contributed by atoms with Crippen molar-refractivity contribution in [3.8, 4) is 23.3 Å². The lowest BCUT2D eigenvalue weighted by Crippen LogP contribution is -2.13. The number of carbonyl (C=O) groups is 1. The summed E-state index contributed by atoms with van der Waals surface area (Å²) in [5, 5.41) is 16.7. The topological polar surface area (TPSA) is 89.2 Å². The minimum atomic E-state index is -0.625. The number of aryl methyl sites for hydroxylation is 1. The van der Waals surface area contributed by atoms with E-state index in [1.807, 2.05) is 6.07 Å². The molecule has 31 heavy (non-hydrogen) atoms. The predicted octanol–water partition coefficient (Wildman–Crippen LogP) is 4.54. The van der Waals surface area contributed by atoms with Gasteiger partial charge in [0.1, 0.15) is 22.6 Å². The van der Waals surface area contributed by atoms with Crippen molar-refractivity contribution in [3.05, 3.63) is 70.3 Å².